The lowest BCUT2D eigenvalue weighted by molar-refractivity contribution is 0.232. The first-order chi connectivity index (χ1) is 11.1. The molecule has 1 aliphatic rings. The van der Waals surface area contributed by atoms with E-state index in [1.807, 2.05) is 26.1 Å². The predicted molar refractivity (Wildman–Crippen MR) is 87.6 cm³/mol. The summed E-state index contributed by atoms with van der Waals surface area (Å²) in [5.74, 6) is 3.68. The maximum Gasteiger partial charge on any atom is 0.146 e. The highest BCUT2D eigenvalue weighted by Crippen LogP contribution is 2.32. The summed E-state index contributed by atoms with van der Waals surface area (Å²) in [7, 11) is 5.41. The monoisotopic (exact) mass is 316 g/mol. The Morgan fingerprint density at radius 2 is 1.96 bits per heavy atom. The van der Waals surface area contributed by atoms with E-state index in [0.29, 0.717) is 6.04 Å². The van der Waals surface area contributed by atoms with Crippen molar-refractivity contribution < 1.29 is 9.47 Å². The van der Waals surface area contributed by atoms with E-state index in [2.05, 4.69) is 25.7 Å². The molecule has 6 heteroatoms. The zero-order valence-electron chi connectivity index (χ0n) is 14.2. The second-order valence-corrected chi connectivity index (χ2v) is 6.04. The fraction of sp³-hybridized carbons (Fsp3) is 0.529. The van der Waals surface area contributed by atoms with Gasteiger partial charge < -0.3 is 14.0 Å². The lowest BCUT2D eigenvalue weighted by atomic mass is 10.1. The van der Waals surface area contributed by atoms with Crippen LogP contribution < -0.4 is 9.47 Å². The molecule has 0 bridgehead atoms. The molecule has 124 valence electrons. The van der Waals surface area contributed by atoms with Crippen LogP contribution in [0.25, 0.3) is 0 Å². The second-order valence-electron chi connectivity index (χ2n) is 6.04. The van der Waals surface area contributed by atoms with Crippen LogP contribution in [0.5, 0.6) is 11.5 Å². The molecular formula is C17H24N4O2. The number of hydrogen-bond acceptors (Lipinski definition) is 5. The zero-order chi connectivity index (χ0) is 16.4. The third-order valence-corrected chi connectivity index (χ3v) is 4.45. The fourth-order valence-electron chi connectivity index (χ4n) is 2.75. The Morgan fingerprint density at radius 3 is 2.52 bits per heavy atom. The lowest BCUT2D eigenvalue weighted by Gasteiger charge is -2.23. The highest BCUT2D eigenvalue weighted by Gasteiger charge is 2.30. The molecule has 1 aromatic carbocycles. The Kier molecular flexibility index (Phi) is 4.52. The summed E-state index contributed by atoms with van der Waals surface area (Å²) in [6.07, 6.45) is 2.48. The van der Waals surface area contributed by atoms with Crippen molar-refractivity contribution in [1.82, 2.24) is 19.7 Å². The van der Waals surface area contributed by atoms with Crippen LogP contribution in [0.2, 0.25) is 0 Å². The quantitative estimate of drug-likeness (QED) is 0.784. The molecule has 0 aliphatic heterocycles. The summed E-state index contributed by atoms with van der Waals surface area (Å²) >= 11 is 0. The van der Waals surface area contributed by atoms with Crippen LogP contribution in [0.3, 0.4) is 0 Å². The van der Waals surface area contributed by atoms with Crippen molar-refractivity contribution in [1.29, 1.82) is 0 Å². The molecule has 0 radical (unpaired) electrons. The van der Waals surface area contributed by atoms with Gasteiger partial charge in [0.2, 0.25) is 0 Å². The van der Waals surface area contributed by atoms with Gasteiger partial charge in [0.25, 0.3) is 0 Å². The van der Waals surface area contributed by atoms with Crippen molar-refractivity contribution in [3.05, 3.63) is 35.4 Å². The van der Waals surface area contributed by atoms with Crippen LogP contribution in [-0.4, -0.2) is 39.9 Å². The second kappa shape index (κ2) is 6.58. The Balaban J connectivity index is 1.81. The summed E-state index contributed by atoms with van der Waals surface area (Å²) in [5.41, 5.74) is 1.14. The van der Waals surface area contributed by atoms with Gasteiger partial charge in [-0.3, -0.25) is 4.90 Å². The van der Waals surface area contributed by atoms with Crippen molar-refractivity contribution in [2.75, 3.05) is 14.2 Å². The van der Waals surface area contributed by atoms with E-state index >= 15 is 0 Å². The molecule has 0 atom stereocenters. The first kappa shape index (κ1) is 15.8. The number of ether oxygens (including phenoxy) is 2. The van der Waals surface area contributed by atoms with Crippen molar-refractivity contribution in [3.8, 4) is 11.5 Å². The molecule has 0 N–H and O–H groups in total. The van der Waals surface area contributed by atoms with Gasteiger partial charge in [0.05, 0.1) is 20.8 Å². The van der Waals surface area contributed by atoms with Gasteiger partial charge in [0.1, 0.15) is 23.1 Å². The van der Waals surface area contributed by atoms with E-state index < -0.39 is 0 Å². The molecule has 0 saturated heterocycles. The van der Waals surface area contributed by atoms with Crippen LogP contribution in [0, 0.1) is 6.92 Å². The minimum Gasteiger partial charge on any atom is -0.497 e. The molecule has 1 saturated carbocycles. The third kappa shape index (κ3) is 3.47. The van der Waals surface area contributed by atoms with Gasteiger partial charge in [-0.05, 0) is 38.0 Å². The Morgan fingerprint density at radius 1 is 1.17 bits per heavy atom. The largest absolute Gasteiger partial charge is 0.497 e. The molecule has 6 nitrogen and oxygen atoms in total. The molecule has 1 heterocycles. The number of aryl methyl sites for hydroxylation is 1. The van der Waals surface area contributed by atoms with E-state index in [1.165, 1.54) is 12.8 Å². The molecule has 1 aliphatic carbocycles. The summed E-state index contributed by atoms with van der Waals surface area (Å²) in [5, 5.41) is 8.46. The molecule has 1 fully saturated rings. The standard InChI is InChI=1S/C17H24N4O2/c1-12-18-19-17(20(12)2)11-21(14-5-6-14)10-13-9-15(22-3)7-8-16(13)23-4/h7-9,14H,5-6,10-11H2,1-4H3. The maximum atomic E-state index is 5.51. The Hall–Kier alpha value is -2.08. The van der Waals surface area contributed by atoms with Gasteiger partial charge in [0.15, 0.2) is 0 Å². The normalized spacial score (nSPS) is 14.3. The average Bonchev–Trinajstić information content (AvgIpc) is 3.36. The average molecular weight is 316 g/mol. The third-order valence-electron chi connectivity index (χ3n) is 4.45. The number of rotatable bonds is 7. The highest BCUT2D eigenvalue weighted by molar-refractivity contribution is 5.40. The molecule has 0 amide bonds. The number of aromatic nitrogens is 3. The van der Waals surface area contributed by atoms with Gasteiger partial charge in [-0.25, -0.2) is 0 Å². The van der Waals surface area contributed by atoms with E-state index in [0.717, 1.165) is 41.8 Å². The van der Waals surface area contributed by atoms with E-state index in [4.69, 9.17) is 9.47 Å². The maximum absolute atomic E-state index is 5.51. The van der Waals surface area contributed by atoms with Gasteiger partial charge in [-0.1, -0.05) is 0 Å². The smallest absolute Gasteiger partial charge is 0.146 e. The van der Waals surface area contributed by atoms with Crippen LogP contribution in [-0.2, 0) is 20.1 Å². The summed E-state index contributed by atoms with van der Waals surface area (Å²) < 4.78 is 12.9. The molecule has 23 heavy (non-hydrogen) atoms. The van der Waals surface area contributed by atoms with E-state index in [1.54, 1.807) is 14.2 Å². The minimum atomic E-state index is 0.614. The fourth-order valence-corrected chi connectivity index (χ4v) is 2.75. The first-order valence-electron chi connectivity index (χ1n) is 7.92. The van der Waals surface area contributed by atoms with Crippen LogP contribution >= 0.6 is 0 Å². The van der Waals surface area contributed by atoms with Crippen molar-refractivity contribution in [3.63, 3.8) is 0 Å². The van der Waals surface area contributed by atoms with E-state index in [9.17, 15) is 0 Å². The van der Waals surface area contributed by atoms with E-state index in [-0.39, 0.29) is 0 Å². The van der Waals surface area contributed by atoms with Crippen molar-refractivity contribution in [2.24, 2.45) is 7.05 Å². The molecule has 3 rings (SSSR count). The minimum absolute atomic E-state index is 0.614. The first-order valence-corrected chi connectivity index (χ1v) is 7.92. The number of hydrogen-bond donors (Lipinski definition) is 0. The molecule has 1 aromatic heterocycles. The van der Waals surface area contributed by atoms with Crippen molar-refractivity contribution >= 4 is 0 Å². The molecule has 2 aromatic rings. The lowest BCUT2D eigenvalue weighted by Crippen LogP contribution is -2.27. The predicted octanol–water partition coefficient (Wildman–Crippen LogP) is 2.31. The Bertz CT molecular complexity index is 679. The molecular weight excluding hydrogens is 292 g/mol. The number of methoxy groups -OCH3 is 2. The molecule has 0 spiro atoms. The zero-order valence-corrected chi connectivity index (χ0v) is 14.2. The van der Waals surface area contributed by atoms with Crippen molar-refractivity contribution in [2.45, 2.75) is 38.9 Å². The summed E-state index contributed by atoms with van der Waals surface area (Å²) in [4.78, 5) is 2.45. The molecule has 0 unspecified atom stereocenters. The van der Waals surface area contributed by atoms with Gasteiger partial charge >= 0.3 is 0 Å². The van der Waals surface area contributed by atoms with Crippen LogP contribution in [0.15, 0.2) is 18.2 Å². The van der Waals surface area contributed by atoms with Crippen LogP contribution in [0.1, 0.15) is 30.1 Å². The topological polar surface area (TPSA) is 52.4 Å². The van der Waals surface area contributed by atoms with Gasteiger partial charge in [-0.2, -0.15) is 0 Å². The summed E-state index contributed by atoms with van der Waals surface area (Å²) in [6.45, 7) is 3.59. The highest BCUT2D eigenvalue weighted by atomic mass is 16.5. The van der Waals surface area contributed by atoms with Gasteiger partial charge in [-0.15, -0.1) is 10.2 Å². The summed E-state index contributed by atoms with van der Waals surface area (Å²) in [6, 6.07) is 6.56. The number of benzene rings is 1. The Labute approximate surface area is 137 Å². The van der Waals surface area contributed by atoms with Gasteiger partial charge in [0, 0.05) is 25.2 Å². The SMILES string of the molecule is COc1ccc(OC)c(CN(Cc2nnc(C)n2C)C2CC2)c1. The number of nitrogens with zero attached hydrogens (tertiary/aromatic N) is 4. The van der Waals surface area contributed by atoms with Crippen LogP contribution in [0.4, 0.5) is 0 Å².